The first kappa shape index (κ1) is 40.9. The van der Waals surface area contributed by atoms with Gasteiger partial charge in [0.2, 0.25) is 0 Å². The van der Waals surface area contributed by atoms with Gasteiger partial charge in [-0.05, 0) is 140 Å². The summed E-state index contributed by atoms with van der Waals surface area (Å²) in [6.07, 6.45) is 2.35. The molecular weight excluding hydrogens is 860 g/mol. The number of thiophene rings is 2. The second-order valence-corrected chi connectivity index (χ2v) is 25.2. The number of rotatable bonds is 3. The maximum atomic E-state index is 4.09. The van der Waals surface area contributed by atoms with Crippen molar-refractivity contribution in [1.82, 2.24) is 4.57 Å². The van der Waals surface area contributed by atoms with Crippen LogP contribution in [0.1, 0.15) is 103 Å². The first-order valence-electron chi connectivity index (χ1n) is 24.5. The molecule has 0 fully saturated rings. The first-order chi connectivity index (χ1) is 32.6. The Morgan fingerprint density at radius 1 is 0.559 bits per heavy atom. The van der Waals surface area contributed by atoms with Gasteiger partial charge in [-0.25, -0.2) is 0 Å². The van der Waals surface area contributed by atoms with Crippen molar-refractivity contribution in [2.75, 3.05) is 5.32 Å². The minimum absolute atomic E-state index is 0.0613. The molecule has 1 radical (unpaired) electrons. The Morgan fingerprint density at radius 2 is 1.24 bits per heavy atom. The van der Waals surface area contributed by atoms with Crippen LogP contribution >= 0.6 is 22.7 Å². The van der Waals surface area contributed by atoms with E-state index in [9.17, 15) is 0 Å². The van der Waals surface area contributed by atoms with Crippen LogP contribution in [0.3, 0.4) is 0 Å². The molecular formula is C63H54BN2S2. The second-order valence-electron chi connectivity index (χ2n) is 23.0. The lowest BCUT2D eigenvalue weighted by atomic mass is 9.58. The van der Waals surface area contributed by atoms with Crippen molar-refractivity contribution in [2.24, 2.45) is 0 Å². The lowest BCUT2D eigenvalue weighted by molar-refractivity contribution is 0.332. The lowest BCUT2D eigenvalue weighted by Gasteiger charge is -2.42. The highest BCUT2D eigenvalue weighted by molar-refractivity contribution is 7.27. The summed E-state index contributed by atoms with van der Waals surface area (Å²) in [6, 6.07) is 51.8. The van der Waals surface area contributed by atoms with Gasteiger partial charge in [0.05, 0.1) is 5.52 Å². The van der Waals surface area contributed by atoms with Crippen LogP contribution in [-0.4, -0.2) is 11.8 Å². The molecule has 0 amide bonds. The van der Waals surface area contributed by atoms with E-state index in [1.165, 1.54) is 142 Å². The van der Waals surface area contributed by atoms with Gasteiger partial charge in [-0.1, -0.05) is 141 Å². The fraction of sp³-hybridized carbons (Fsp3) is 0.238. The molecule has 2 aliphatic carbocycles. The van der Waals surface area contributed by atoms with E-state index in [4.69, 9.17) is 0 Å². The fourth-order valence-corrected chi connectivity index (χ4v) is 15.2. The van der Waals surface area contributed by atoms with Crippen LogP contribution in [0.4, 0.5) is 11.4 Å². The summed E-state index contributed by atoms with van der Waals surface area (Å²) in [5.74, 6) is 0. The number of nitrogens with zero attached hydrogens (tertiary/aromatic N) is 1. The van der Waals surface area contributed by atoms with Crippen molar-refractivity contribution in [3.8, 4) is 27.9 Å². The smallest absolute Gasteiger partial charge is 0.198 e. The van der Waals surface area contributed by atoms with Crippen LogP contribution in [0, 0.1) is 0 Å². The zero-order valence-corrected chi connectivity index (χ0v) is 42.1. The molecule has 0 spiro atoms. The third-order valence-electron chi connectivity index (χ3n) is 16.6. The zero-order chi connectivity index (χ0) is 46.4. The number of aromatic nitrogens is 1. The van der Waals surface area contributed by atoms with E-state index < -0.39 is 0 Å². The molecule has 3 aliphatic rings. The third-order valence-corrected chi connectivity index (χ3v) is 18.9. The summed E-state index contributed by atoms with van der Waals surface area (Å²) >= 11 is 3.88. The topological polar surface area (TPSA) is 17.0 Å². The molecule has 331 valence electrons. The van der Waals surface area contributed by atoms with Gasteiger partial charge >= 0.3 is 0 Å². The van der Waals surface area contributed by atoms with Gasteiger partial charge in [0.15, 0.2) is 7.28 Å². The minimum Gasteiger partial charge on any atom is -0.355 e. The van der Waals surface area contributed by atoms with Crippen molar-refractivity contribution in [1.29, 1.82) is 0 Å². The molecule has 11 aromatic rings. The molecule has 0 bridgehead atoms. The van der Waals surface area contributed by atoms with Crippen LogP contribution in [-0.2, 0) is 21.7 Å². The maximum Gasteiger partial charge on any atom is 0.198 e. The first-order valence-corrected chi connectivity index (χ1v) is 26.2. The minimum atomic E-state index is -0.176. The zero-order valence-electron chi connectivity index (χ0n) is 40.5. The van der Waals surface area contributed by atoms with Crippen molar-refractivity contribution >= 4 is 114 Å². The Balaban J connectivity index is 1.16. The van der Waals surface area contributed by atoms with E-state index in [1.54, 1.807) is 0 Å². The van der Waals surface area contributed by atoms with Gasteiger partial charge in [0, 0.05) is 84.7 Å². The molecule has 1 aliphatic heterocycles. The highest BCUT2D eigenvalue weighted by atomic mass is 32.1. The van der Waals surface area contributed by atoms with Crippen LogP contribution in [0.25, 0.3) is 90.1 Å². The lowest BCUT2D eigenvalue weighted by Crippen LogP contribution is -2.37. The average Bonchev–Trinajstić information content (AvgIpc) is 4.04. The Labute approximate surface area is 407 Å². The van der Waals surface area contributed by atoms with Gasteiger partial charge in [-0.15, -0.1) is 22.7 Å². The molecule has 68 heavy (non-hydrogen) atoms. The molecule has 5 heteroatoms. The highest BCUT2D eigenvalue weighted by Gasteiger charge is 2.41. The molecule has 0 saturated heterocycles. The van der Waals surface area contributed by atoms with E-state index in [1.807, 2.05) is 22.7 Å². The summed E-state index contributed by atoms with van der Waals surface area (Å²) < 4.78 is 8.06. The number of benzene rings is 8. The number of fused-ring (bicyclic) bond motifs is 16. The van der Waals surface area contributed by atoms with Crippen LogP contribution in [0.15, 0.2) is 133 Å². The molecule has 2 nitrogen and oxygen atoms in total. The molecule has 0 unspecified atom stereocenters. The van der Waals surface area contributed by atoms with Gasteiger partial charge in [-0.2, -0.15) is 0 Å². The highest BCUT2D eigenvalue weighted by Crippen LogP contribution is 2.56. The molecule has 1 N–H and O–H groups in total. The summed E-state index contributed by atoms with van der Waals surface area (Å²) in [6.45, 7) is 21.6. The Kier molecular flexibility index (Phi) is 8.15. The molecule has 3 aromatic heterocycles. The third kappa shape index (κ3) is 5.52. The summed E-state index contributed by atoms with van der Waals surface area (Å²) in [7, 11) is 2.57. The molecule has 8 aromatic carbocycles. The van der Waals surface area contributed by atoms with Crippen LogP contribution in [0.2, 0.25) is 0 Å². The van der Waals surface area contributed by atoms with E-state index in [2.05, 4.69) is 213 Å². The van der Waals surface area contributed by atoms with Gasteiger partial charge < -0.3 is 9.88 Å². The van der Waals surface area contributed by atoms with Crippen molar-refractivity contribution in [3.05, 3.63) is 161 Å². The van der Waals surface area contributed by atoms with E-state index in [0.717, 1.165) is 11.4 Å². The number of hydrogen-bond donors (Lipinski definition) is 1. The number of anilines is 2. The summed E-state index contributed by atoms with van der Waals surface area (Å²) in [5.41, 5.74) is 21.0. The maximum absolute atomic E-state index is 4.09. The Morgan fingerprint density at radius 3 is 1.99 bits per heavy atom. The molecule has 4 heterocycles. The van der Waals surface area contributed by atoms with E-state index in [0.29, 0.717) is 0 Å². The van der Waals surface area contributed by atoms with Crippen LogP contribution < -0.4 is 16.2 Å². The van der Waals surface area contributed by atoms with Gasteiger partial charge in [0.1, 0.15) is 0 Å². The van der Waals surface area contributed by atoms with Crippen molar-refractivity contribution in [2.45, 2.75) is 96.8 Å². The summed E-state index contributed by atoms with van der Waals surface area (Å²) in [5, 5.41) is 12.2. The second kappa shape index (κ2) is 13.6. The fourth-order valence-electron chi connectivity index (χ4n) is 12.7. The standard InChI is InChI=1S/C63H54BN2S2/c1-60(2,3)34-22-24-35(25-23-34)65-48-30-39-36-16-10-13-19-43(36)63(8,9)44(39)28-41(48)56-57-58-54(55-38-18-12-15-21-52(38)68-59(55)56)42-29-45-46(62(6,7)27-26-61(45,4)5)32-49(42)66(58)50-31-40-37-17-11-14-20-51(37)67-53(40)33-47(50)64-57/h10-25,28-33,65H,26-27H2,1-9H3. The normalized spacial score (nSPS) is 16.4. The quantitative estimate of drug-likeness (QED) is 0.175. The molecule has 14 rings (SSSR count). The molecule has 0 saturated carbocycles. The van der Waals surface area contributed by atoms with Crippen molar-refractivity contribution in [3.63, 3.8) is 0 Å². The largest absolute Gasteiger partial charge is 0.355 e. The SMILES string of the molecule is CC(C)(C)c1ccc(Nc2cc3c(cc2-c2c4c5c(c6cc7c(cc6n5-c5cc6c(cc5[B]4)sc4ccccc46)C(C)(C)CCC7(C)C)c4c2sc2ccccc24)C(C)(C)c2ccccc2-3)cc1. The predicted octanol–water partition coefficient (Wildman–Crippen LogP) is 16.9. The predicted molar refractivity (Wildman–Crippen MR) is 298 cm³/mol. The van der Waals surface area contributed by atoms with Crippen LogP contribution in [0.5, 0.6) is 0 Å². The van der Waals surface area contributed by atoms with Gasteiger partial charge in [0.25, 0.3) is 0 Å². The molecule has 0 atom stereocenters. The average molecular weight is 914 g/mol. The number of hydrogen-bond acceptors (Lipinski definition) is 3. The summed E-state index contributed by atoms with van der Waals surface area (Å²) in [4.78, 5) is 0. The number of nitrogens with one attached hydrogen (secondary N) is 1. The Bertz CT molecular complexity index is 4030. The Hall–Kier alpha value is -6.14. The monoisotopic (exact) mass is 913 g/mol. The van der Waals surface area contributed by atoms with E-state index in [-0.39, 0.29) is 21.7 Å². The van der Waals surface area contributed by atoms with Crippen molar-refractivity contribution < 1.29 is 0 Å². The van der Waals surface area contributed by atoms with E-state index >= 15 is 0 Å². The van der Waals surface area contributed by atoms with Gasteiger partial charge in [-0.3, -0.25) is 0 Å².